The molecule has 1 aromatic heterocycles. The minimum atomic E-state index is 0.564. The molecule has 2 aliphatic heterocycles. The van der Waals surface area contributed by atoms with Crippen LogP contribution in [0.4, 0.5) is 0 Å². The fourth-order valence-corrected chi connectivity index (χ4v) is 3.54. The molecule has 0 saturated heterocycles. The lowest BCUT2D eigenvalue weighted by Gasteiger charge is -2.27. The zero-order chi connectivity index (χ0) is 15.8. The quantitative estimate of drug-likeness (QED) is 0.723. The Morgan fingerprint density at radius 1 is 1.22 bits per heavy atom. The van der Waals surface area contributed by atoms with Gasteiger partial charge in [0.05, 0.1) is 5.69 Å². The highest BCUT2D eigenvalue weighted by atomic mass is 79.9. The van der Waals surface area contributed by atoms with E-state index in [1.54, 1.807) is 0 Å². The van der Waals surface area contributed by atoms with Crippen LogP contribution in [0.2, 0.25) is 0 Å². The van der Waals surface area contributed by atoms with Gasteiger partial charge < -0.3 is 4.90 Å². The molecule has 0 atom stereocenters. The zero-order valence-electron chi connectivity index (χ0n) is 13.0. The number of fused-ring (bicyclic) bond motifs is 3. The topological polar surface area (TPSA) is 46.3 Å². The third-order valence-electron chi connectivity index (χ3n) is 4.28. The fraction of sp³-hybridized carbons (Fsp3) is 0.353. The molecular weight excluding hydrogens is 354 g/mol. The molecule has 5 nitrogen and oxygen atoms in total. The number of halogens is 1. The summed E-state index contributed by atoms with van der Waals surface area (Å²) in [6, 6.07) is 6.36. The molecule has 23 heavy (non-hydrogen) atoms. The third-order valence-corrected chi connectivity index (χ3v) is 4.77. The van der Waals surface area contributed by atoms with Crippen molar-refractivity contribution in [2.75, 3.05) is 13.1 Å². The predicted octanol–water partition coefficient (Wildman–Crippen LogP) is 3.11. The second kappa shape index (κ2) is 5.92. The summed E-state index contributed by atoms with van der Waals surface area (Å²) in [5, 5.41) is 8.67. The van der Waals surface area contributed by atoms with Gasteiger partial charge in [0.1, 0.15) is 18.2 Å². The lowest BCUT2D eigenvalue weighted by molar-refractivity contribution is 0.453. The van der Waals surface area contributed by atoms with E-state index in [0.717, 1.165) is 59.1 Å². The van der Waals surface area contributed by atoms with E-state index in [2.05, 4.69) is 72.9 Å². The van der Waals surface area contributed by atoms with Crippen LogP contribution < -0.4 is 0 Å². The number of aliphatic imine (C=N–C) groups is 1. The minimum Gasteiger partial charge on any atom is -0.352 e. The number of nitrogens with zero attached hydrogens (tertiary/aromatic N) is 5. The zero-order valence-corrected chi connectivity index (χ0v) is 14.6. The summed E-state index contributed by atoms with van der Waals surface area (Å²) in [5.41, 5.74) is 2.26. The van der Waals surface area contributed by atoms with Crippen molar-refractivity contribution in [2.45, 2.75) is 26.3 Å². The van der Waals surface area contributed by atoms with Gasteiger partial charge in [-0.25, -0.2) is 0 Å². The summed E-state index contributed by atoms with van der Waals surface area (Å²) in [4.78, 5) is 7.23. The molecule has 0 N–H and O–H groups in total. The van der Waals surface area contributed by atoms with E-state index >= 15 is 0 Å². The molecule has 6 heteroatoms. The van der Waals surface area contributed by atoms with Crippen molar-refractivity contribution in [2.24, 2.45) is 4.99 Å². The van der Waals surface area contributed by atoms with Crippen molar-refractivity contribution in [1.29, 1.82) is 0 Å². The molecular formula is C17H18BrN5. The molecule has 118 valence electrons. The monoisotopic (exact) mass is 371 g/mol. The summed E-state index contributed by atoms with van der Waals surface area (Å²) >= 11 is 3.61. The molecule has 0 spiro atoms. The Morgan fingerprint density at radius 3 is 2.91 bits per heavy atom. The van der Waals surface area contributed by atoms with Crippen LogP contribution in [0.25, 0.3) is 5.69 Å². The van der Waals surface area contributed by atoms with Crippen LogP contribution in [-0.2, 0) is 13.0 Å². The van der Waals surface area contributed by atoms with Gasteiger partial charge in [0, 0.05) is 29.5 Å². The Labute approximate surface area is 143 Å². The standard InChI is InChI=1S/C17H18BrN5/c1-2-15-20-21-16-11-19-17(22-8-4-3-5-9-22)13-10-12(18)6-7-14(13)23(15)16/h3-4,6-7,10H,2,5,8-9,11H2,1H3. The van der Waals surface area contributed by atoms with Gasteiger partial charge in [0.2, 0.25) is 0 Å². The summed E-state index contributed by atoms with van der Waals surface area (Å²) in [5.74, 6) is 2.95. The smallest absolute Gasteiger partial charge is 0.159 e. The summed E-state index contributed by atoms with van der Waals surface area (Å²) < 4.78 is 3.23. The molecule has 0 saturated carbocycles. The van der Waals surface area contributed by atoms with Crippen molar-refractivity contribution in [3.63, 3.8) is 0 Å². The maximum absolute atomic E-state index is 4.88. The highest BCUT2D eigenvalue weighted by molar-refractivity contribution is 9.10. The molecule has 1 aromatic carbocycles. The third kappa shape index (κ3) is 2.51. The summed E-state index contributed by atoms with van der Waals surface area (Å²) in [6.45, 7) is 4.58. The molecule has 0 radical (unpaired) electrons. The Bertz CT molecular complexity index is 805. The van der Waals surface area contributed by atoms with Crippen LogP contribution in [-0.4, -0.2) is 38.6 Å². The van der Waals surface area contributed by atoms with Crippen LogP contribution in [0.15, 0.2) is 39.8 Å². The molecule has 4 rings (SSSR count). The van der Waals surface area contributed by atoms with E-state index in [1.165, 1.54) is 0 Å². The molecule has 0 unspecified atom stereocenters. The number of amidine groups is 1. The first-order valence-electron chi connectivity index (χ1n) is 7.95. The molecule has 0 amide bonds. The van der Waals surface area contributed by atoms with Gasteiger partial charge >= 0.3 is 0 Å². The second-order valence-corrected chi connectivity index (χ2v) is 6.64. The largest absolute Gasteiger partial charge is 0.352 e. The normalized spacial score (nSPS) is 16.6. The number of aromatic nitrogens is 3. The van der Waals surface area contributed by atoms with Gasteiger partial charge in [-0.1, -0.05) is 35.0 Å². The Hall–Kier alpha value is -1.95. The first kappa shape index (κ1) is 14.6. The van der Waals surface area contributed by atoms with E-state index in [4.69, 9.17) is 4.99 Å². The number of rotatable bonds is 1. The Balaban J connectivity index is 1.90. The molecule has 0 aliphatic carbocycles. The van der Waals surface area contributed by atoms with Crippen molar-refractivity contribution in [3.8, 4) is 5.69 Å². The first-order valence-corrected chi connectivity index (χ1v) is 8.75. The highest BCUT2D eigenvalue weighted by Crippen LogP contribution is 2.27. The van der Waals surface area contributed by atoms with Crippen molar-refractivity contribution < 1.29 is 0 Å². The average molecular weight is 372 g/mol. The predicted molar refractivity (Wildman–Crippen MR) is 94.0 cm³/mol. The molecule has 2 aromatic rings. The van der Waals surface area contributed by atoms with Gasteiger partial charge in [-0.2, -0.15) is 0 Å². The van der Waals surface area contributed by atoms with E-state index < -0.39 is 0 Å². The highest BCUT2D eigenvalue weighted by Gasteiger charge is 2.24. The number of benzene rings is 1. The lowest BCUT2D eigenvalue weighted by atomic mass is 10.1. The molecule has 3 heterocycles. The Morgan fingerprint density at radius 2 is 2.13 bits per heavy atom. The average Bonchev–Trinajstić information content (AvgIpc) is 2.92. The molecule has 0 bridgehead atoms. The molecule has 2 aliphatic rings. The SMILES string of the molecule is CCc1nnc2n1-c1ccc(Br)cc1C(N1CC=CCC1)=NC2. The maximum Gasteiger partial charge on any atom is 0.159 e. The number of aryl methyl sites for hydroxylation is 1. The maximum atomic E-state index is 4.88. The van der Waals surface area contributed by atoms with Crippen molar-refractivity contribution >= 4 is 21.8 Å². The van der Waals surface area contributed by atoms with Crippen LogP contribution in [0.5, 0.6) is 0 Å². The van der Waals surface area contributed by atoms with Crippen LogP contribution in [0.1, 0.15) is 30.6 Å². The fourth-order valence-electron chi connectivity index (χ4n) is 3.18. The first-order chi connectivity index (χ1) is 11.3. The van der Waals surface area contributed by atoms with Gasteiger partial charge in [-0.3, -0.25) is 9.56 Å². The number of hydrogen-bond acceptors (Lipinski definition) is 4. The van der Waals surface area contributed by atoms with Gasteiger partial charge in [0.25, 0.3) is 0 Å². The Kier molecular flexibility index (Phi) is 3.77. The van der Waals surface area contributed by atoms with E-state index in [-0.39, 0.29) is 0 Å². The van der Waals surface area contributed by atoms with Crippen molar-refractivity contribution in [3.05, 3.63) is 52.0 Å². The van der Waals surface area contributed by atoms with Gasteiger partial charge in [-0.15, -0.1) is 10.2 Å². The molecule has 0 fully saturated rings. The van der Waals surface area contributed by atoms with E-state index in [9.17, 15) is 0 Å². The van der Waals surface area contributed by atoms with Gasteiger partial charge in [-0.05, 0) is 24.6 Å². The number of hydrogen-bond donors (Lipinski definition) is 0. The van der Waals surface area contributed by atoms with E-state index in [0.29, 0.717) is 6.54 Å². The van der Waals surface area contributed by atoms with Gasteiger partial charge in [0.15, 0.2) is 5.82 Å². The lowest BCUT2D eigenvalue weighted by Crippen LogP contribution is -2.35. The van der Waals surface area contributed by atoms with Crippen LogP contribution in [0, 0.1) is 0 Å². The van der Waals surface area contributed by atoms with E-state index in [1.807, 2.05) is 0 Å². The second-order valence-electron chi connectivity index (χ2n) is 5.73. The minimum absolute atomic E-state index is 0.564. The van der Waals surface area contributed by atoms with Crippen LogP contribution >= 0.6 is 15.9 Å². The summed E-state index contributed by atoms with van der Waals surface area (Å²) in [7, 11) is 0. The van der Waals surface area contributed by atoms with Crippen LogP contribution in [0.3, 0.4) is 0 Å². The van der Waals surface area contributed by atoms with Crippen molar-refractivity contribution in [1.82, 2.24) is 19.7 Å². The summed E-state index contributed by atoms with van der Waals surface area (Å²) in [6.07, 6.45) is 6.37.